The molecule has 0 atom stereocenters. The third-order valence-corrected chi connectivity index (χ3v) is 3.77. The van der Waals surface area contributed by atoms with E-state index in [2.05, 4.69) is 15.9 Å². The van der Waals surface area contributed by atoms with Crippen LogP contribution in [0.15, 0.2) is 34.8 Å². The van der Waals surface area contributed by atoms with Crippen LogP contribution in [-0.2, 0) is 0 Å². The van der Waals surface area contributed by atoms with Gasteiger partial charge in [0.05, 0.1) is 0 Å². The number of ketones is 1. The van der Waals surface area contributed by atoms with Gasteiger partial charge in [0.15, 0.2) is 5.78 Å². The molecule has 0 aliphatic rings. The van der Waals surface area contributed by atoms with E-state index in [1.807, 2.05) is 32.9 Å². The van der Waals surface area contributed by atoms with E-state index in [-0.39, 0.29) is 5.78 Å². The molecule has 0 bridgehead atoms. The topological polar surface area (TPSA) is 17.1 Å². The Bertz CT molecular complexity index is 639. The molecule has 0 amide bonds. The lowest BCUT2D eigenvalue weighted by Gasteiger charge is -2.11. The Morgan fingerprint density at radius 3 is 2.21 bits per heavy atom. The highest BCUT2D eigenvalue weighted by atomic mass is 79.9. The van der Waals surface area contributed by atoms with Crippen molar-refractivity contribution in [2.24, 2.45) is 0 Å². The van der Waals surface area contributed by atoms with E-state index in [0.717, 1.165) is 16.7 Å². The fourth-order valence-corrected chi connectivity index (χ4v) is 2.77. The first-order chi connectivity index (χ1) is 8.90. The first-order valence-electron chi connectivity index (χ1n) is 5.97. The van der Waals surface area contributed by atoms with E-state index in [9.17, 15) is 9.18 Å². The largest absolute Gasteiger partial charge is 0.289 e. The predicted molar refractivity (Wildman–Crippen MR) is 78.2 cm³/mol. The zero-order chi connectivity index (χ0) is 14.2. The standard InChI is InChI=1S/C16H14BrFO/c1-9-6-10(2)15(11(3)7-9)16(19)13-8-12(18)4-5-14(13)17/h4-8H,1-3H3. The molecule has 0 heterocycles. The van der Waals surface area contributed by atoms with Crippen LogP contribution in [-0.4, -0.2) is 5.78 Å². The van der Waals surface area contributed by atoms with E-state index >= 15 is 0 Å². The van der Waals surface area contributed by atoms with Gasteiger partial charge in [0.1, 0.15) is 5.82 Å². The lowest BCUT2D eigenvalue weighted by Crippen LogP contribution is -2.08. The second kappa shape index (κ2) is 5.25. The summed E-state index contributed by atoms with van der Waals surface area (Å²) in [6, 6.07) is 8.09. The Morgan fingerprint density at radius 1 is 1.05 bits per heavy atom. The fraction of sp³-hybridized carbons (Fsp3) is 0.188. The average molecular weight is 321 g/mol. The predicted octanol–water partition coefficient (Wildman–Crippen LogP) is 4.74. The number of carbonyl (C=O) groups is 1. The zero-order valence-corrected chi connectivity index (χ0v) is 12.6. The number of hydrogen-bond donors (Lipinski definition) is 0. The second-order valence-corrected chi connectivity index (χ2v) is 5.58. The SMILES string of the molecule is Cc1cc(C)c(C(=O)c2cc(F)ccc2Br)c(C)c1. The highest BCUT2D eigenvalue weighted by Crippen LogP contribution is 2.25. The van der Waals surface area contributed by atoms with Crippen molar-refractivity contribution >= 4 is 21.7 Å². The number of benzene rings is 2. The quantitative estimate of drug-likeness (QED) is 0.730. The van der Waals surface area contributed by atoms with Crippen molar-refractivity contribution in [2.75, 3.05) is 0 Å². The van der Waals surface area contributed by atoms with Gasteiger partial charge in [-0.3, -0.25) is 4.79 Å². The minimum absolute atomic E-state index is 0.152. The van der Waals surface area contributed by atoms with E-state index in [1.165, 1.54) is 12.1 Å². The van der Waals surface area contributed by atoms with E-state index in [0.29, 0.717) is 15.6 Å². The number of hydrogen-bond acceptors (Lipinski definition) is 1. The summed E-state index contributed by atoms with van der Waals surface area (Å²) in [6.45, 7) is 5.80. The van der Waals surface area contributed by atoms with Crippen molar-refractivity contribution in [1.29, 1.82) is 0 Å². The molecule has 0 radical (unpaired) electrons. The van der Waals surface area contributed by atoms with Crippen LogP contribution in [0.5, 0.6) is 0 Å². The van der Waals surface area contributed by atoms with Crippen LogP contribution in [0, 0.1) is 26.6 Å². The first kappa shape index (κ1) is 13.9. The van der Waals surface area contributed by atoms with Gasteiger partial charge in [0.2, 0.25) is 0 Å². The summed E-state index contributed by atoms with van der Waals surface area (Å²) in [6.07, 6.45) is 0. The molecule has 0 aliphatic carbocycles. The van der Waals surface area contributed by atoms with Crippen LogP contribution in [0.4, 0.5) is 4.39 Å². The number of carbonyl (C=O) groups excluding carboxylic acids is 1. The van der Waals surface area contributed by atoms with Crippen molar-refractivity contribution < 1.29 is 9.18 Å². The Morgan fingerprint density at radius 2 is 1.63 bits per heavy atom. The first-order valence-corrected chi connectivity index (χ1v) is 6.77. The zero-order valence-electron chi connectivity index (χ0n) is 11.1. The van der Waals surface area contributed by atoms with Crippen molar-refractivity contribution in [3.05, 3.63) is 68.4 Å². The monoisotopic (exact) mass is 320 g/mol. The third kappa shape index (κ3) is 2.76. The van der Waals surface area contributed by atoms with E-state index in [1.54, 1.807) is 6.07 Å². The van der Waals surface area contributed by atoms with Crippen molar-refractivity contribution in [1.82, 2.24) is 0 Å². The molecule has 3 heteroatoms. The maximum atomic E-state index is 13.3. The number of halogens is 2. The molecule has 0 saturated heterocycles. The molecule has 98 valence electrons. The summed E-state index contributed by atoms with van der Waals surface area (Å²) in [7, 11) is 0. The van der Waals surface area contributed by atoms with Gasteiger partial charge >= 0.3 is 0 Å². The molecule has 2 aromatic rings. The summed E-state index contributed by atoms with van der Waals surface area (Å²) in [5.41, 5.74) is 3.95. The van der Waals surface area contributed by atoms with Crippen LogP contribution >= 0.6 is 15.9 Å². The normalized spacial score (nSPS) is 10.6. The molecule has 0 aromatic heterocycles. The molecule has 0 N–H and O–H groups in total. The second-order valence-electron chi connectivity index (χ2n) is 4.73. The van der Waals surface area contributed by atoms with Crippen LogP contribution < -0.4 is 0 Å². The highest BCUT2D eigenvalue weighted by Gasteiger charge is 2.18. The molecule has 0 saturated carbocycles. The van der Waals surface area contributed by atoms with Crippen molar-refractivity contribution in [3.8, 4) is 0 Å². The Balaban J connectivity index is 2.59. The summed E-state index contributed by atoms with van der Waals surface area (Å²) in [5.74, 6) is -0.560. The average Bonchev–Trinajstić information content (AvgIpc) is 2.30. The van der Waals surface area contributed by atoms with Gasteiger partial charge in [-0.05, 0) is 50.1 Å². The van der Waals surface area contributed by atoms with Gasteiger partial charge in [0.25, 0.3) is 0 Å². The number of rotatable bonds is 2. The maximum Gasteiger partial charge on any atom is 0.194 e. The summed E-state index contributed by atoms with van der Waals surface area (Å²) < 4.78 is 13.9. The smallest absolute Gasteiger partial charge is 0.194 e. The van der Waals surface area contributed by atoms with Gasteiger partial charge in [-0.1, -0.05) is 33.6 Å². The Kier molecular flexibility index (Phi) is 3.85. The minimum Gasteiger partial charge on any atom is -0.289 e. The maximum absolute atomic E-state index is 13.3. The van der Waals surface area contributed by atoms with Crippen LogP contribution in [0.3, 0.4) is 0 Å². The summed E-state index contributed by atoms with van der Waals surface area (Å²) >= 11 is 3.30. The van der Waals surface area contributed by atoms with Gasteiger partial charge < -0.3 is 0 Å². The highest BCUT2D eigenvalue weighted by molar-refractivity contribution is 9.10. The molecule has 0 fully saturated rings. The molecular formula is C16H14BrFO. The lowest BCUT2D eigenvalue weighted by molar-refractivity contribution is 0.103. The van der Waals surface area contributed by atoms with Crippen LogP contribution in [0.2, 0.25) is 0 Å². The van der Waals surface area contributed by atoms with Crippen molar-refractivity contribution in [3.63, 3.8) is 0 Å². The van der Waals surface area contributed by atoms with Crippen molar-refractivity contribution in [2.45, 2.75) is 20.8 Å². The molecule has 2 aromatic carbocycles. The van der Waals surface area contributed by atoms with Gasteiger partial charge in [-0.25, -0.2) is 4.39 Å². The van der Waals surface area contributed by atoms with Gasteiger partial charge in [-0.2, -0.15) is 0 Å². The van der Waals surface area contributed by atoms with Crippen LogP contribution in [0.1, 0.15) is 32.6 Å². The molecule has 0 aliphatic heterocycles. The summed E-state index contributed by atoms with van der Waals surface area (Å²) in [4.78, 5) is 12.6. The van der Waals surface area contributed by atoms with E-state index < -0.39 is 5.82 Å². The van der Waals surface area contributed by atoms with E-state index in [4.69, 9.17) is 0 Å². The Hall–Kier alpha value is -1.48. The molecule has 1 nitrogen and oxygen atoms in total. The third-order valence-electron chi connectivity index (χ3n) is 3.08. The molecular weight excluding hydrogens is 307 g/mol. The molecule has 0 unspecified atom stereocenters. The van der Waals surface area contributed by atoms with Gasteiger partial charge in [0, 0.05) is 15.6 Å². The summed E-state index contributed by atoms with van der Waals surface area (Å²) in [5, 5.41) is 0. The van der Waals surface area contributed by atoms with Gasteiger partial charge in [-0.15, -0.1) is 0 Å². The van der Waals surface area contributed by atoms with Crippen LogP contribution in [0.25, 0.3) is 0 Å². The lowest BCUT2D eigenvalue weighted by atomic mass is 9.93. The minimum atomic E-state index is -0.408. The Labute approximate surface area is 120 Å². The fourth-order valence-electron chi connectivity index (χ4n) is 2.34. The molecule has 19 heavy (non-hydrogen) atoms. The number of aryl methyl sites for hydroxylation is 3. The molecule has 0 spiro atoms. The molecule has 2 rings (SSSR count).